The maximum atomic E-state index is 15.1. The van der Waals surface area contributed by atoms with Crippen LogP contribution in [0.15, 0.2) is 53.6 Å². The number of allylic oxidation sites excluding steroid dienone is 2. The fourth-order valence-corrected chi connectivity index (χ4v) is 5.76. The first-order chi connectivity index (χ1) is 17.4. The molecule has 0 spiro atoms. The van der Waals surface area contributed by atoms with Crippen LogP contribution in [-0.4, -0.2) is 63.5 Å². The highest BCUT2D eigenvalue weighted by molar-refractivity contribution is 5.92. The number of likely N-dealkylation sites (tertiary alicyclic amines) is 1. The van der Waals surface area contributed by atoms with Crippen molar-refractivity contribution in [3.8, 4) is 0 Å². The molecule has 0 saturated carbocycles. The van der Waals surface area contributed by atoms with Gasteiger partial charge in [0.2, 0.25) is 11.9 Å². The Bertz CT molecular complexity index is 1150. The number of nitro groups is 1. The molecule has 0 aromatic heterocycles. The third-order valence-corrected chi connectivity index (χ3v) is 7.66. The van der Waals surface area contributed by atoms with Gasteiger partial charge in [-0.1, -0.05) is 30.3 Å². The number of hydrogen-bond acceptors (Lipinski definition) is 6. The van der Waals surface area contributed by atoms with Gasteiger partial charge in [-0.15, -0.1) is 0 Å². The minimum absolute atomic E-state index is 0.0400. The molecule has 0 radical (unpaired) electrons. The normalized spacial score (nSPS) is 28.3. The van der Waals surface area contributed by atoms with E-state index in [0.717, 1.165) is 5.56 Å². The summed E-state index contributed by atoms with van der Waals surface area (Å²) in [6.45, 7) is 9.43. The van der Waals surface area contributed by atoms with Crippen LogP contribution in [0.25, 0.3) is 0 Å². The van der Waals surface area contributed by atoms with Gasteiger partial charge >= 0.3 is 6.09 Å². The molecule has 1 aromatic rings. The number of nitrogens with one attached hydrogen (secondary N) is 1. The third-order valence-electron chi connectivity index (χ3n) is 7.66. The molecule has 2 aliphatic heterocycles. The van der Waals surface area contributed by atoms with Gasteiger partial charge in [-0.05, 0) is 52.7 Å². The predicted octanol–water partition coefficient (Wildman–Crippen LogP) is 4.35. The van der Waals surface area contributed by atoms with Gasteiger partial charge in [-0.2, -0.15) is 0 Å². The van der Waals surface area contributed by atoms with Crippen LogP contribution in [0.3, 0.4) is 0 Å². The molecule has 37 heavy (non-hydrogen) atoms. The fourth-order valence-electron chi connectivity index (χ4n) is 5.76. The number of amides is 2. The van der Waals surface area contributed by atoms with E-state index in [1.807, 2.05) is 35.2 Å². The zero-order chi connectivity index (χ0) is 27.1. The molecule has 1 aliphatic carbocycles. The van der Waals surface area contributed by atoms with Gasteiger partial charge in [-0.3, -0.25) is 24.7 Å². The highest BCUT2D eigenvalue weighted by Gasteiger charge is 2.58. The van der Waals surface area contributed by atoms with Crippen molar-refractivity contribution in [2.24, 2.45) is 5.92 Å². The first-order valence-electron chi connectivity index (χ1n) is 12.7. The molecule has 3 aliphatic rings. The number of carbonyl (C=O) groups excluding carboxylic acids is 2. The lowest BCUT2D eigenvalue weighted by Gasteiger charge is -2.45. The van der Waals surface area contributed by atoms with Crippen LogP contribution in [0.2, 0.25) is 0 Å². The Labute approximate surface area is 216 Å². The number of ether oxygens (including phenoxy) is 1. The van der Waals surface area contributed by atoms with Crippen molar-refractivity contribution in [1.29, 1.82) is 0 Å². The summed E-state index contributed by atoms with van der Waals surface area (Å²) in [5, 5.41) is 15.0. The number of nitrogens with zero attached hydrogens (tertiary/aromatic N) is 3. The number of rotatable bonds is 5. The Morgan fingerprint density at radius 3 is 2.59 bits per heavy atom. The molecule has 4 atom stereocenters. The summed E-state index contributed by atoms with van der Waals surface area (Å²) in [7, 11) is 0. The molecular weight excluding hydrogens is 479 g/mol. The Hall–Kier alpha value is -3.27. The average molecular weight is 515 g/mol. The predicted molar refractivity (Wildman–Crippen MR) is 136 cm³/mol. The van der Waals surface area contributed by atoms with Crippen LogP contribution in [-0.2, 0) is 9.53 Å². The number of hydrogen-bond donors (Lipinski definition) is 1. The number of benzene rings is 1. The van der Waals surface area contributed by atoms with Crippen molar-refractivity contribution in [3.05, 3.63) is 69.3 Å². The van der Waals surface area contributed by atoms with Crippen molar-refractivity contribution in [3.63, 3.8) is 0 Å². The molecule has 1 N–H and O–H groups in total. The van der Waals surface area contributed by atoms with Crippen molar-refractivity contribution in [1.82, 2.24) is 15.1 Å². The van der Waals surface area contributed by atoms with Gasteiger partial charge in [0.15, 0.2) is 0 Å². The highest BCUT2D eigenvalue weighted by atomic mass is 19.1. The van der Waals surface area contributed by atoms with Gasteiger partial charge in [-0.25, -0.2) is 9.18 Å². The second-order valence-electron chi connectivity index (χ2n) is 11.1. The topological polar surface area (TPSA) is 105 Å². The second kappa shape index (κ2) is 9.89. The molecule has 1 aromatic carbocycles. The summed E-state index contributed by atoms with van der Waals surface area (Å²) in [5.41, 5.74) is -0.359. The van der Waals surface area contributed by atoms with Gasteiger partial charge in [0.1, 0.15) is 17.0 Å². The quantitative estimate of drug-likeness (QED) is 0.463. The molecule has 4 rings (SSSR count). The molecule has 2 unspecified atom stereocenters. The van der Waals surface area contributed by atoms with Gasteiger partial charge in [0.05, 0.1) is 18.2 Å². The van der Waals surface area contributed by atoms with Crippen LogP contribution < -0.4 is 5.32 Å². The van der Waals surface area contributed by atoms with Gasteiger partial charge in [0.25, 0.3) is 0 Å². The highest BCUT2D eigenvalue weighted by Crippen LogP contribution is 2.46. The number of halogens is 1. The SMILES string of the molecule is CCN(C(=O)OC(C)(C)C)C1=C2NC(=O)C(C)(N3CC[C@H](c4ccccc4)[C@@H]([N+](=O)[O-])C3)C2CC(F)=C1. The summed E-state index contributed by atoms with van der Waals surface area (Å²) < 4.78 is 20.6. The second-order valence-corrected chi connectivity index (χ2v) is 11.1. The van der Waals surface area contributed by atoms with E-state index < -0.39 is 35.0 Å². The number of piperidine rings is 1. The average Bonchev–Trinajstić information content (AvgIpc) is 3.09. The first-order valence-corrected chi connectivity index (χ1v) is 12.7. The maximum Gasteiger partial charge on any atom is 0.414 e. The largest absolute Gasteiger partial charge is 0.443 e. The van der Waals surface area contributed by atoms with E-state index in [1.54, 1.807) is 34.6 Å². The summed E-state index contributed by atoms with van der Waals surface area (Å²) in [5.74, 6) is -1.72. The molecule has 2 heterocycles. The monoisotopic (exact) mass is 514 g/mol. The Morgan fingerprint density at radius 1 is 1.32 bits per heavy atom. The van der Waals surface area contributed by atoms with Crippen molar-refractivity contribution in [2.45, 2.75) is 70.6 Å². The van der Waals surface area contributed by atoms with Crippen LogP contribution in [0, 0.1) is 16.0 Å². The number of likely N-dealkylation sites (N-methyl/N-ethyl adjacent to an activating group) is 1. The van der Waals surface area contributed by atoms with Gasteiger partial charge < -0.3 is 10.1 Å². The number of fused-ring (bicyclic) bond motifs is 1. The van der Waals surface area contributed by atoms with Crippen LogP contribution in [0.4, 0.5) is 9.18 Å². The minimum Gasteiger partial charge on any atom is -0.443 e. The Kier molecular flexibility index (Phi) is 7.16. The van der Waals surface area contributed by atoms with E-state index in [1.165, 1.54) is 11.0 Å². The summed E-state index contributed by atoms with van der Waals surface area (Å²) >= 11 is 0. The maximum absolute atomic E-state index is 15.1. The summed E-state index contributed by atoms with van der Waals surface area (Å²) in [6.07, 6.45) is 1.09. The van der Waals surface area contributed by atoms with Crippen molar-refractivity contribution < 1.29 is 23.6 Å². The molecule has 9 nitrogen and oxygen atoms in total. The summed E-state index contributed by atoms with van der Waals surface area (Å²) in [6, 6.07) is 8.48. The molecule has 200 valence electrons. The first kappa shape index (κ1) is 26.8. The fraction of sp³-hybridized carbons (Fsp3) is 0.556. The third kappa shape index (κ3) is 4.99. The van der Waals surface area contributed by atoms with E-state index >= 15 is 4.39 Å². The summed E-state index contributed by atoms with van der Waals surface area (Å²) in [4.78, 5) is 41.5. The number of carbonyl (C=O) groups is 2. The van der Waals surface area contributed by atoms with E-state index in [2.05, 4.69) is 5.32 Å². The van der Waals surface area contributed by atoms with Crippen LogP contribution >= 0.6 is 0 Å². The minimum atomic E-state index is -1.21. The molecular formula is C27H35FN4O5. The van der Waals surface area contributed by atoms with Crippen LogP contribution in [0.5, 0.6) is 0 Å². The van der Waals surface area contributed by atoms with Gasteiger partial charge in [0, 0.05) is 36.0 Å². The molecule has 0 bridgehead atoms. The Balaban J connectivity index is 1.67. The zero-order valence-electron chi connectivity index (χ0n) is 22.0. The lowest BCUT2D eigenvalue weighted by Crippen LogP contribution is -2.61. The van der Waals surface area contributed by atoms with E-state index in [0.29, 0.717) is 18.7 Å². The molecule has 2 saturated heterocycles. The lowest BCUT2D eigenvalue weighted by atomic mass is 9.76. The molecule has 2 fully saturated rings. The smallest absolute Gasteiger partial charge is 0.414 e. The van der Waals surface area contributed by atoms with Crippen molar-refractivity contribution in [2.75, 3.05) is 19.6 Å². The van der Waals surface area contributed by atoms with Crippen LogP contribution in [0.1, 0.15) is 58.9 Å². The van der Waals surface area contributed by atoms with E-state index in [9.17, 15) is 19.7 Å². The van der Waals surface area contributed by atoms with E-state index in [4.69, 9.17) is 4.74 Å². The zero-order valence-corrected chi connectivity index (χ0v) is 22.0. The van der Waals surface area contributed by atoms with Crippen molar-refractivity contribution >= 4 is 12.0 Å². The molecule has 2 amide bonds. The standard InChI is InChI=1S/C27H35FN4O5/c1-6-31(25(34)37-26(2,3)4)21-15-18(28)14-20-23(21)29-24(33)27(20,5)30-13-12-19(22(16-30)32(35)36)17-10-8-7-9-11-17/h7-11,15,19-20,22H,6,12-14,16H2,1-5H3,(H,29,33)/t19-,20?,22+,27?/m1/s1. The lowest BCUT2D eigenvalue weighted by molar-refractivity contribution is -0.531. The molecule has 10 heteroatoms. The Morgan fingerprint density at radius 2 is 2.00 bits per heavy atom. The van der Waals surface area contributed by atoms with E-state index in [-0.39, 0.29) is 42.0 Å².